The van der Waals surface area contributed by atoms with Gasteiger partial charge in [0.1, 0.15) is 5.82 Å². The number of allylic oxidation sites excluding steroid dienone is 1. The van der Waals surface area contributed by atoms with Crippen LogP contribution in [0, 0.1) is 17.6 Å². The number of benzene rings is 2. The van der Waals surface area contributed by atoms with Crippen molar-refractivity contribution in [2.45, 2.75) is 70.6 Å². The summed E-state index contributed by atoms with van der Waals surface area (Å²) in [4.78, 5) is 0. The normalized spacial score (nSPS) is 21.1. The summed E-state index contributed by atoms with van der Waals surface area (Å²) in [5.41, 5.74) is 2.83. The number of hydrogen-bond donors (Lipinski definition) is 0. The third-order valence-corrected chi connectivity index (χ3v) is 6.80. The molecule has 0 saturated heterocycles. The molecule has 0 spiro atoms. The molecule has 32 heavy (non-hydrogen) atoms. The number of ether oxygens (including phenoxy) is 1. The Morgan fingerprint density at radius 3 is 2.38 bits per heavy atom. The molecule has 6 heteroatoms. The zero-order valence-corrected chi connectivity index (χ0v) is 18.1. The van der Waals surface area contributed by atoms with E-state index in [0.717, 1.165) is 36.0 Å². The molecule has 0 amide bonds. The Balaban J connectivity index is 1.53. The summed E-state index contributed by atoms with van der Waals surface area (Å²) in [7, 11) is 0. The van der Waals surface area contributed by atoms with Crippen molar-refractivity contribution in [2.24, 2.45) is 5.92 Å². The van der Waals surface area contributed by atoms with Crippen molar-refractivity contribution in [3.63, 3.8) is 0 Å². The van der Waals surface area contributed by atoms with Gasteiger partial charge in [-0.1, -0.05) is 44.0 Å². The monoisotopic (exact) mass is 450 g/mol. The molecule has 1 saturated carbocycles. The fourth-order valence-electron chi connectivity index (χ4n) is 5.18. The zero-order valence-electron chi connectivity index (χ0n) is 18.1. The van der Waals surface area contributed by atoms with Crippen molar-refractivity contribution in [3.8, 4) is 5.75 Å². The largest absolute Gasteiger partial charge is 0.573 e. The van der Waals surface area contributed by atoms with Crippen molar-refractivity contribution in [1.82, 2.24) is 0 Å². The third-order valence-electron chi connectivity index (χ3n) is 6.80. The summed E-state index contributed by atoms with van der Waals surface area (Å²) >= 11 is 0. The summed E-state index contributed by atoms with van der Waals surface area (Å²) in [5.74, 6) is -0.976. The van der Waals surface area contributed by atoms with Crippen LogP contribution in [0.3, 0.4) is 0 Å². The van der Waals surface area contributed by atoms with Gasteiger partial charge in [-0.2, -0.15) is 0 Å². The average molecular weight is 450 g/mol. The summed E-state index contributed by atoms with van der Waals surface area (Å²) < 4.78 is 70.7. The van der Waals surface area contributed by atoms with Crippen LogP contribution in [0.25, 0.3) is 11.6 Å². The highest BCUT2D eigenvalue weighted by Gasteiger charge is 2.33. The second-order valence-electron chi connectivity index (χ2n) is 8.91. The highest BCUT2D eigenvalue weighted by molar-refractivity contribution is 5.85. The van der Waals surface area contributed by atoms with Crippen molar-refractivity contribution >= 4 is 11.6 Å². The number of halogens is 5. The quantitative estimate of drug-likeness (QED) is 0.416. The van der Waals surface area contributed by atoms with Gasteiger partial charge in [-0.3, -0.25) is 0 Å². The minimum absolute atomic E-state index is 0.163. The molecule has 0 aliphatic heterocycles. The van der Waals surface area contributed by atoms with Crippen LogP contribution in [0.15, 0.2) is 30.3 Å². The molecule has 0 radical (unpaired) electrons. The van der Waals surface area contributed by atoms with E-state index in [1.807, 2.05) is 6.07 Å². The first-order valence-electron chi connectivity index (χ1n) is 11.3. The maximum Gasteiger partial charge on any atom is 0.573 e. The molecule has 0 bridgehead atoms. The SMILES string of the molecule is CCCC1CCC(c2ccc(C3=Cc4ccc(OC(F)(F)F)c(F)c4CC3)c(F)c2)CC1. The molecule has 2 aromatic carbocycles. The van der Waals surface area contributed by atoms with Gasteiger partial charge in [0.15, 0.2) is 11.6 Å². The van der Waals surface area contributed by atoms with Crippen molar-refractivity contribution in [1.29, 1.82) is 0 Å². The van der Waals surface area contributed by atoms with E-state index in [-0.39, 0.29) is 17.8 Å². The summed E-state index contributed by atoms with van der Waals surface area (Å²) in [6.45, 7) is 2.21. The molecule has 0 aromatic heterocycles. The van der Waals surface area contributed by atoms with E-state index in [4.69, 9.17) is 0 Å². The summed E-state index contributed by atoms with van der Waals surface area (Å²) in [6, 6.07) is 7.75. The predicted molar refractivity (Wildman–Crippen MR) is 115 cm³/mol. The molecule has 0 atom stereocenters. The molecular weight excluding hydrogens is 423 g/mol. The van der Waals surface area contributed by atoms with Crippen LogP contribution >= 0.6 is 0 Å². The number of alkyl halides is 3. The van der Waals surface area contributed by atoms with Crippen LogP contribution in [0.1, 0.15) is 80.0 Å². The number of hydrogen-bond acceptors (Lipinski definition) is 1. The predicted octanol–water partition coefficient (Wildman–Crippen LogP) is 8.42. The Bertz CT molecular complexity index is 1000. The maximum absolute atomic E-state index is 15.0. The molecule has 2 aliphatic rings. The van der Waals surface area contributed by atoms with E-state index in [1.54, 1.807) is 18.2 Å². The van der Waals surface area contributed by atoms with E-state index in [2.05, 4.69) is 11.7 Å². The van der Waals surface area contributed by atoms with Gasteiger partial charge in [0.25, 0.3) is 0 Å². The van der Waals surface area contributed by atoms with Gasteiger partial charge in [0.05, 0.1) is 0 Å². The Kier molecular flexibility index (Phi) is 6.59. The van der Waals surface area contributed by atoms with Crippen molar-refractivity contribution in [2.75, 3.05) is 0 Å². The van der Waals surface area contributed by atoms with Crippen molar-refractivity contribution < 1.29 is 26.7 Å². The number of fused-ring (bicyclic) bond motifs is 1. The van der Waals surface area contributed by atoms with Crippen LogP contribution in [-0.4, -0.2) is 6.36 Å². The van der Waals surface area contributed by atoms with Gasteiger partial charge < -0.3 is 4.74 Å². The third kappa shape index (κ3) is 5.00. The summed E-state index contributed by atoms with van der Waals surface area (Å²) in [6.07, 6.45) is 4.26. The second-order valence-corrected chi connectivity index (χ2v) is 8.91. The lowest BCUT2D eigenvalue weighted by Gasteiger charge is -2.29. The van der Waals surface area contributed by atoms with Crippen LogP contribution in [0.2, 0.25) is 0 Å². The molecular formula is C26H27F5O. The lowest BCUT2D eigenvalue weighted by Crippen LogP contribution is -2.18. The highest BCUT2D eigenvalue weighted by Crippen LogP contribution is 2.40. The van der Waals surface area contributed by atoms with Gasteiger partial charge in [0, 0.05) is 5.56 Å². The smallest absolute Gasteiger partial charge is 0.403 e. The summed E-state index contributed by atoms with van der Waals surface area (Å²) in [5, 5.41) is 0. The second kappa shape index (κ2) is 9.24. The first-order valence-corrected chi connectivity index (χ1v) is 11.3. The Morgan fingerprint density at radius 2 is 1.72 bits per heavy atom. The van der Waals surface area contributed by atoms with E-state index < -0.39 is 17.9 Å². The topological polar surface area (TPSA) is 9.23 Å². The average Bonchev–Trinajstić information content (AvgIpc) is 2.75. The highest BCUT2D eigenvalue weighted by atomic mass is 19.4. The first kappa shape index (κ1) is 22.8. The molecule has 0 N–H and O–H groups in total. The Morgan fingerprint density at radius 1 is 0.969 bits per heavy atom. The molecule has 0 heterocycles. The fraction of sp³-hybridized carbons (Fsp3) is 0.462. The van der Waals surface area contributed by atoms with E-state index >= 15 is 4.39 Å². The lowest BCUT2D eigenvalue weighted by atomic mass is 9.77. The Labute approximate surface area is 185 Å². The van der Waals surface area contributed by atoms with Gasteiger partial charge >= 0.3 is 6.36 Å². The molecule has 2 aliphatic carbocycles. The van der Waals surface area contributed by atoms with E-state index in [1.165, 1.54) is 31.7 Å². The molecule has 172 valence electrons. The zero-order chi connectivity index (χ0) is 22.9. The Hall–Kier alpha value is -2.37. The van der Waals surface area contributed by atoms with Gasteiger partial charge in [0.2, 0.25) is 0 Å². The first-order chi connectivity index (χ1) is 15.2. The van der Waals surface area contributed by atoms with Gasteiger partial charge in [-0.15, -0.1) is 13.2 Å². The van der Waals surface area contributed by atoms with Gasteiger partial charge in [-0.05, 0) is 84.8 Å². The number of rotatable bonds is 5. The fourth-order valence-corrected chi connectivity index (χ4v) is 5.18. The minimum atomic E-state index is -4.95. The van der Waals surface area contributed by atoms with Gasteiger partial charge in [-0.25, -0.2) is 8.78 Å². The molecule has 1 fully saturated rings. The molecule has 2 aromatic rings. The lowest BCUT2D eigenvalue weighted by molar-refractivity contribution is -0.275. The van der Waals surface area contributed by atoms with Crippen LogP contribution < -0.4 is 4.74 Å². The standard InChI is InChI=1S/C26H27F5O/c1-2-3-16-4-6-17(7-5-16)18-8-11-21(23(27)15-18)19-9-12-22-20(14-19)10-13-24(25(22)28)32-26(29,30)31/h8,10-11,13-17H,2-7,9,12H2,1H3. The maximum atomic E-state index is 15.0. The van der Waals surface area contributed by atoms with Crippen molar-refractivity contribution in [3.05, 3.63) is 64.2 Å². The molecule has 0 unspecified atom stereocenters. The molecule has 4 rings (SSSR count). The van der Waals surface area contributed by atoms with Crippen LogP contribution in [0.4, 0.5) is 22.0 Å². The van der Waals surface area contributed by atoms with Crippen LogP contribution in [-0.2, 0) is 6.42 Å². The molecule has 1 nitrogen and oxygen atoms in total. The minimum Gasteiger partial charge on any atom is -0.403 e. The van der Waals surface area contributed by atoms with E-state index in [0.29, 0.717) is 23.5 Å². The van der Waals surface area contributed by atoms with E-state index in [9.17, 15) is 17.6 Å². The van der Waals surface area contributed by atoms with Crippen LogP contribution in [0.5, 0.6) is 5.75 Å².